The number of pyridine rings is 1. The second kappa shape index (κ2) is 8.71. The molecule has 2 heteroatoms. The number of rotatable bonds is 5. The van der Waals surface area contributed by atoms with Crippen molar-refractivity contribution < 1.29 is 4.42 Å². The Hall–Kier alpha value is -3.65. The van der Waals surface area contributed by atoms with Gasteiger partial charge in [-0.3, -0.25) is 4.98 Å². The number of hydrogen-bond donors (Lipinski definition) is 0. The molecular weight excluding hydrogens is 402 g/mol. The maximum absolute atomic E-state index is 6.39. The van der Waals surface area contributed by atoms with E-state index in [-0.39, 0.29) is 0 Å². The largest absolute Gasteiger partial charge is 0.456 e. The van der Waals surface area contributed by atoms with Crippen molar-refractivity contribution in [2.45, 2.75) is 39.5 Å². The maximum Gasteiger partial charge on any atom is 0.136 e. The van der Waals surface area contributed by atoms with Crippen LogP contribution in [0.15, 0.2) is 95.5 Å². The molecule has 164 valence electrons. The molecule has 33 heavy (non-hydrogen) atoms. The van der Waals surface area contributed by atoms with Crippen molar-refractivity contribution in [3.63, 3.8) is 0 Å². The number of aromatic nitrogens is 1. The van der Waals surface area contributed by atoms with Crippen molar-refractivity contribution in [2.24, 2.45) is 0 Å². The van der Waals surface area contributed by atoms with E-state index in [9.17, 15) is 0 Å². The van der Waals surface area contributed by atoms with Gasteiger partial charge in [0.1, 0.15) is 11.3 Å². The first-order valence-corrected chi connectivity index (χ1v) is 11.7. The van der Waals surface area contributed by atoms with Crippen molar-refractivity contribution >= 4 is 11.0 Å². The predicted molar refractivity (Wildman–Crippen MR) is 138 cm³/mol. The summed E-state index contributed by atoms with van der Waals surface area (Å²) in [4.78, 5) is 4.69. The Kier molecular flexibility index (Phi) is 5.60. The molecule has 3 aromatic carbocycles. The number of nitrogens with zero attached hydrogens (tertiary/aromatic N) is 1. The van der Waals surface area contributed by atoms with Gasteiger partial charge < -0.3 is 4.42 Å². The molecule has 0 aliphatic heterocycles. The minimum atomic E-state index is 0.451. The lowest BCUT2D eigenvalue weighted by Crippen LogP contribution is -1.92. The van der Waals surface area contributed by atoms with Crippen LogP contribution in [0.25, 0.3) is 44.7 Å². The molecule has 0 unspecified atom stereocenters. The van der Waals surface area contributed by atoms with Gasteiger partial charge in [0, 0.05) is 22.7 Å². The summed E-state index contributed by atoms with van der Waals surface area (Å²) in [5, 5.41) is 1.12. The van der Waals surface area contributed by atoms with Gasteiger partial charge in [0.25, 0.3) is 0 Å². The first-order chi connectivity index (χ1) is 16.0. The lowest BCUT2D eigenvalue weighted by Gasteiger charge is -2.11. The van der Waals surface area contributed by atoms with Gasteiger partial charge in [-0.1, -0.05) is 82.3 Å². The molecule has 0 atom stereocenters. The Bertz CT molecular complexity index is 1390. The molecule has 0 amide bonds. The minimum Gasteiger partial charge on any atom is -0.456 e. The van der Waals surface area contributed by atoms with Gasteiger partial charge in [-0.25, -0.2) is 0 Å². The molecule has 0 saturated carbocycles. The second-order valence-corrected chi connectivity index (χ2v) is 9.32. The maximum atomic E-state index is 6.39. The molecule has 2 aromatic heterocycles. The summed E-state index contributed by atoms with van der Waals surface area (Å²) < 4.78 is 6.39. The van der Waals surface area contributed by atoms with E-state index in [2.05, 4.69) is 94.4 Å². The average molecular weight is 432 g/mol. The zero-order chi connectivity index (χ0) is 22.9. The van der Waals surface area contributed by atoms with Crippen LogP contribution in [0.1, 0.15) is 50.7 Å². The topological polar surface area (TPSA) is 26.0 Å². The Labute approximate surface area is 195 Å². The van der Waals surface area contributed by atoms with Crippen LogP contribution in [0.3, 0.4) is 0 Å². The van der Waals surface area contributed by atoms with Gasteiger partial charge in [-0.05, 0) is 64.4 Å². The molecule has 0 radical (unpaired) electrons. The molecule has 0 N–H and O–H groups in total. The van der Waals surface area contributed by atoms with Crippen LogP contribution < -0.4 is 0 Å². The highest BCUT2D eigenvalue weighted by Crippen LogP contribution is 2.38. The summed E-state index contributed by atoms with van der Waals surface area (Å²) in [5.41, 5.74) is 8.99. The Morgan fingerprint density at radius 3 is 2.06 bits per heavy atom. The molecule has 2 heterocycles. The third-order valence-electron chi connectivity index (χ3n) is 6.33. The first-order valence-electron chi connectivity index (χ1n) is 11.7. The summed E-state index contributed by atoms with van der Waals surface area (Å²) in [6.45, 7) is 8.87. The van der Waals surface area contributed by atoms with E-state index in [1.54, 1.807) is 0 Å². The third kappa shape index (κ3) is 4.21. The van der Waals surface area contributed by atoms with Gasteiger partial charge in [0.2, 0.25) is 0 Å². The van der Waals surface area contributed by atoms with Crippen molar-refractivity contribution in [3.8, 4) is 33.7 Å². The SMILES string of the molecule is CC(C)c1ccc(-c2cc(-c3cc(C(C)C)ccn3)cc3oc(-c4ccccc4)cc23)cc1. The quantitative estimate of drug-likeness (QED) is 0.277. The van der Waals surface area contributed by atoms with E-state index in [1.807, 2.05) is 24.4 Å². The Morgan fingerprint density at radius 1 is 0.636 bits per heavy atom. The van der Waals surface area contributed by atoms with Crippen LogP contribution in [0.4, 0.5) is 0 Å². The predicted octanol–water partition coefficient (Wildman–Crippen LogP) is 9.08. The van der Waals surface area contributed by atoms with Gasteiger partial charge in [-0.2, -0.15) is 0 Å². The highest BCUT2D eigenvalue weighted by atomic mass is 16.3. The smallest absolute Gasteiger partial charge is 0.136 e. The van der Waals surface area contributed by atoms with Crippen molar-refractivity contribution in [2.75, 3.05) is 0 Å². The van der Waals surface area contributed by atoms with E-state index in [0.29, 0.717) is 11.8 Å². The first kappa shape index (κ1) is 21.2. The van der Waals surface area contributed by atoms with Crippen LogP contribution >= 0.6 is 0 Å². The fourth-order valence-corrected chi connectivity index (χ4v) is 4.28. The zero-order valence-electron chi connectivity index (χ0n) is 19.7. The Balaban J connectivity index is 1.72. The van der Waals surface area contributed by atoms with Gasteiger partial charge in [0.05, 0.1) is 5.69 Å². The molecule has 0 spiro atoms. The molecule has 0 fully saturated rings. The van der Waals surface area contributed by atoms with E-state index in [0.717, 1.165) is 33.6 Å². The second-order valence-electron chi connectivity index (χ2n) is 9.32. The van der Waals surface area contributed by atoms with E-state index in [1.165, 1.54) is 22.3 Å². The highest BCUT2D eigenvalue weighted by Gasteiger charge is 2.15. The van der Waals surface area contributed by atoms with E-state index in [4.69, 9.17) is 9.40 Å². The summed E-state index contributed by atoms with van der Waals surface area (Å²) >= 11 is 0. The summed E-state index contributed by atoms with van der Waals surface area (Å²) in [7, 11) is 0. The third-order valence-corrected chi connectivity index (χ3v) is 6.33. The number of benzene rings is 3. The van der Waals surface area contributed by atoms with Crippen LogP contribution in [0.5, 0.6) is 0 Å². The molecule has 2 nitrogen and oxygen atoms in total. The molecule has 0 bridgehead atoms. The van der Waals surface area contributed by atoms with Gasteiger partial charge in [0.15, 0.2) is 0 Å². The van der Waals surface area contributed by atoms with Crippen molar-refractivity contribution in [3.05, 3.63) is 102 Å². The number of hydrogen-bond acceptors (Lipinski definition) is 2. The minimum absolute atomic E-state index is 0.451. The van der Waals surface area contributed by atoms with Gasteiger partial charge >= 0.3 is 0 Å². The molecule has 0 saturated heterocycles. The average Bonchev–Trinajstić information content (AvgIpc) is 3.28. The van der Waals surface area contributed by atoms with Crippen LogP contribution in [-0.4, -0.2) is 4.98 Å². The molecule has 5 aromatic rings. The summed E-state index contributed by atoms with van der Waals surface area (Å²) in [6.07, 6.45) is 1.91. The molecular formula is C31H29NO. The van der Waals surface area contributed by atoms with E-state index < -0.39 is 0 Å². The highest BCUT2D eigenvalue weighted by molar-refractivity contribution is 5.99. The molecule has 0 aliphatic carbocycles. The Morgan fingerprint density at radius 2 is 1.36 bits per heavy atom. The molecule has 0 aliphatic rings. The lowest BCUT2D eigenvalue weighted by molar-refractivity contribution is 0.632. The molecule has 5 rings (SSSR count). The standard InChI is InChI=1S/C31H29NO/c1-20(2)22-10-12-23(13-11-22)27-16-26(29-17-25(21(3)4)14-15-32-29)18-31-28(27)19-30(33-31)24-8-6-5-7-9-24/h5-21H,1-4H3. The van der Waals surface area contributed by atoms with E-state index >= 15 is 0 Å². The lowest BCUT2D eigenvalue weighted by atomic mass is 9.94. The van der Waals surface area contributed by atoms with Crippen molar-refractivity contribution in [1.29, 1.82) is 0 Å². The normalized spacial score (nSPS) is 11.6. The monoisotopic (exact) mass is 431 g/mol. The summed E-state index contributed by atoms with van der Waals surface area (Å²) in [5.74, 6) is 1.84. The number of fused-ring (bicyclic) bond motifs is 1. The number of furan rings is 1. The van der Waals surface area contributed by atoms with Crippen molar-refractivity contribution in [1.82, 2.24) is 4.98 Å². The van der Waals surface area contributed by atoms with Crippen LogP contribution in [-0.2, 0) is 0 Å². The van der Waals surface area contributed by atoms with Gasteiger partial charge in [-0.15, -0.1) is 0 Å². The van der Waals surface area contributed by atoms with Crippen LogP contribution in [0.2, 0.25) is 0 Å². The van der Waals surface area contributed by atoms with Crippen LogP contribution in [0, 0.1) is 0 Å². The zero-order valence-corrected chi connectivity index (χ0v) is 19.7. The summed E-state index contributed by atoms with van der Waals surface area (Å²) in [6, 6.07) is 30.0. The fourth-order valence-electron chi connectivity index (χ4n) is 4.28. The fraction of sp³-hybridized carbons (Fsp3) is 0.194.